The van der Waals surface area contributed by atoms with Crippen molar-refractivity contribution < 1.29 is 19.0 Å². The van der Waals surface area contributed by atoms with Crippen LogP contribution in [-0.2, 0) is 4.74 Å². The average molecular weight is 356 g/mol. The Morgan fingerprint density at radius 1 is 1.12 bits per heavy atom. The largest absolute Gasteiger partial charge is 0.497 e. The number of carbonyl (C=O) groups excluding carboxylic acids is 1. The summed E-state index contributed by atoms with van der Waals surface area (Å²) < 4.78 is 16.1. The Hall–Kier alpha value is -2.57. The molecule has 1 aliphatic rings. The Morgan fingerprint density at radius 2 is 1.85 bits per heavy atom. The molecule has 0 bridgehead atoms. The van der Waals surface area contributed by atoms with Gasteiger partial charge in [-0.25, -0.2) is 4.79 Å². The molecule has 0 aromatic heterocycles. The van der Waals surface area contributed by atoms with Gasteiger partial charge in [0, 0.05) is 19.6 Å². The Bertz CT molecular complexity index is 702. The smallest absolute Gasteiger partial charge is 0.412 e. The zero-order valence-electron chi connectivity index (χ0n) is 14.9. The SMILES string of the molecule is COc1cccc(C(CNC(=O)Oc2ccccc2)N2CCOCC2)c1. The molecule has 1 fully saturated rings. The summed E-state index contributed by atoms with van der Waals surface area (Å²) in [5, 5.41) is 2.88. The first kappa shape index (κ1) is 18.2. The van der Waals surface area contributed by atoms with Crippen LogP contribution in [0.15, 0.2) is 54.6 Å². The predicted octanol–water partition coefficient (Wildman–Crippen LogP) is 2.86. The Labute approximate surface area is 153 Å². The predicted molar refractivity (Wildman–Crippen MR) is 98.6 cm³/mol. The summed E-state index contributed by atoms with van der Waals surface area (Å²) in [5.41, 5.74) is 1.09. The van der Waals surface area contributed by atoms with E-state index >= 15 is 0 Å². The fourth-order valence-corrected chi connectivity index (χ4v) is 3.01. The van der Waals surface area contributed by atoms with Crippen LogP contribution in [0.25, 0.3) is 0 Å². The second-order valence-electron chi connectivity index (χ2n) is 6.02. The van der Waals surface area contributed by atoms with E-state index in [0.29, 0.717) is 25.5 Å². The van der Waals surface area contributed by atoms with E-state index in [1.54, 1.807) is 19.2 Å². The molecule has 1 saturated heterocycles. The highest BCUT2D eigenvalue weighted by molar-refractivity contribution is 5.70. The fourth-order valence-electron chi connectivity index (χ4n) is 3.01. The van der Waals surface area contributed by atoms with E-state index in [4.69, 9.17) is 14.2 Å². The first-order valence-electron chi connectivity index (χ1n) is 8.73. The summed E-state index contributed by atoms with van der Waals surface area (Å²) in [6.45, 7) is 3.46. The quantitative estimate of drug-likeness (QED) is 0.862. The molecule has 1 aliphatic heterocycles. The molecule has 1 amide bonds. The Kier molecular flexibility index (Phi) is 6.46. The number of methoxy groups -OCH3 is 1. The summed E-state index contributed by atoms with van der Waals surface area (Å²) in [4.78, 5) is 14.5. The van der Waals surface area contributed by atoms with E-state index in [2.05, 4.69) is 10.2 Å². The van der Waals surface area contributed by atoms with Gasteiger partial charge in [-0.3, -0.25) is 4.90 Å². The molecule has 1 atom stereocenters. The molecule has 3 rings (SSSR count). The lowest BCUT2D eigenvalue weighted by Gasteiger charge is -2.34. The van der Waals surface area contributed by atoms with Crippen LogP contribution in [0.2, 0.25) is 0 Å². The van der Waals surface area contributed by atoms with Gasteiger partial charge in [0.2, 0.25) is 0 Å². The third-order valence-corrected chi connectivity index (χ3v) is 4.36. The number of benzene rings is 2. The van der Waals surface area contributed by atoms with Crippen molar-refractivity contribution >= 4 is 6.09 Å². The molecule has 138 valence electrons. The molecule has 2 aromatic rings. The van der Waals surface area contributed by atoms with Crippen LogP contribution >= 0.6 is 0 Å². The number of morpholine rings is 1. The lowest BCUT2D eigenvalue weighted by Crippen LogP contribution is -2.44. The van der Waals surface area contributed by atoms with Crippen LogP contribution in [0.1, 0.15) is 11.6 Å². The first-order valence-corrected chi connectivity index (χ1v) is 8.73. The van der Waals surface area contributed by atoms with Crippen molar-refractivity contribution in [2.75, 3.05) is 40.0 Å². The number of nitrogens with one attached hydrogen (secondary N) is 1. The van der Waals surface area contributed by atoms with Crippen LogP contribution in [0, 0.1) is 0 Å². The standard InChI is InChI=1S/C20H24N2O4/c1-24-18-9-5-6-16(14-18)19(22-10-12-25-13-11-22)15-21-20(23)26-17-7-3-2-4-8-17/h2-9,14,19H,10-13,15H2,1H3,(H,21,23). The van der Waals surface area contributed by atoms with Crippen molar-refractivity contribution in [3.8, 4) is 11.5 Å². The van der Waals surface area contributed by atoms with Crippen molar-refractivity contribution in [2.45, 2.75) is 6.04 Å². The second kappa shape index (κ2) is 9.22. The van der Waals surface area contributed by atoms with Crippen LogP contribution in [0.3, 0.4) is 0 Å². The first-order chi connectivity index (χ1) is 12.8. The maximum atomic E-state index is 12.2. The summed E-state index contributed by atoms with van der Waals surface area (Å²) in [7, 11) is 1.65. The number of amides is 1. The Balaban J connectivity index is 1.67. The van der Waals surface area contributed by atoms with Crippen LogP contribution in [0.4, 0.5) is 4.79 Å². The number of carbonyl (C=O) groups is 1. The van der Waals surface area contributed by atoms with E-state index in [-0.39, 0.29) is 6.04 Å². The number of para-hydroxylation sites is 1. The minimum absolute atomic E-state index is 0.0253. The van der Waals surface area contributed by atoms with Gasteiger partial charge >= 0.3 is 6.09 Å². The number of hydrogen-bond donors (Lipinski definition) is 1. The van der Waals surface area contributed by atoms with E-state index in [9.17, 15) is 4.79 Å². The summed E-state index contributed by atoms with van der Waals surface area (Å²) in [6.07, 6.45) is -0.461. The lowest BCUT2D eigenvalue weighted by atomic mass is 10.0. The highest BCUT2D eigenvalue weighted by atomic mass is 16.6. The number of ether oxygens (including phenoxy) is 3. The monoisotopic (exact) mass is 356 g/mol. The Morgan fingerprint density at radius 3 is 2.58 bits per heavy atom. The molecule has 26 heavy (non-hydrogen) atoms. The van der Waals surface area contributed by atoms with Gasteiger partial charge in [-0.2, -0.15) is 0 Å². The molecule has 0 radical (unpaired) electrons. The molecule has 0 saturated carbocycles. The lowest BCUT2D eigenvalue weighted by molar-refractivity contribution is 0.0164. The molecule has 1 unspecified atom stereocenters. The van der Waals surface area contributed by atoms with E-state index in [1.807, 2.05) is 42.5 Å². The molecule has 0 spiro atoms. The van der Waals surface area contributed by atoms with Gasteiger partial charge in [0.1, 0.15) is 11.5 Å². The molecule has 6 nitrogen and oxygen atoms in total. The summed E-state index contributed by atoms with van der Waals surface area (Å²) in [6, 6.07) is 17.0. The maximum absolute atomic E-state index is 12.2. The van der Waals surface area contributed by atoms with Crippen molar-refractivity contribution in [3.63, 3.8) is 0 Å². The summed E-state index contributed by atoms with van der Waals surface area (Å²) in [5.74, 6) is 1.32. The topological polar surface area (TPSA) is 60.0 Å². The maximum Gasteiger partial charge on any atom is 0.412 e. The molecule has 0 aliphatic carbocycles. The molecular weight excluding hydrogens is 332 g/mol. The van der Waals surface area contributed by atoms with Crippen LogP contribution in [-0.4, -0.2) is 51.0 Å². The molecule has 2 aromatic carbocycles. The van der Waals surface area contributed by atoms with Gasteiger partial charge in [0.25, 0.3) is 0 Å². The third kappa shape index (κ3) is 4.97. The third-order valence-electron chi connectivity index (χ3n) is 4.36. The van der Waals surface area contributed by atoms with Gasteiger partial charge in [0.15, 0.2) is 0 Å². The molecular formula is C20H24N2O4. The van der Waals surface area contributed by atoms with Gasteiger partial charge in [-0.1, -0.05) is 30.3 Å². The minimum atomic E-state index is -0.461. The van der Waals surface area contributed by atoms with E-state index < -0.39 is 6.09 Å². The zero-order chi connectivity index (χ0) is 18.2. The average Bonchev–Trinajstić information content (AvgIpc) is 2.70. The summed E-state index contributed by atoms with van der Waals surface area (Å²) >= 11 is 0. The zero-order valence-corrected chi connectivity index (χ0v) is 14.9. The van der Waals surface area contributed by atoms with Crippen molar-refractivity contribution in [1.82, 2.24) is 10.2 Å². The number of rotatable bonds is 6. The van der Waals surface area contributed by atoms with Gasteiger partial charge < -0.3 is 19.5 Å². The van der Waals surface area contributed by atoms with Crippen molar-refractivity contribution in [1.29, 1.82) is 0 Å². The minimum Gasteiger partial charge on any atom is -0.497 e. The van der Waals surface area contributed by atoms with Crippen LogP contribution in [0.5, 0.6) is 11.5 Å². The van der Waals surface area contributed by atoms with Gasteiger partial charge in [-0.05, 0) is 29.8 Å². The molecule has 1 N–H and O–H groups in total. The highest BCUT2D eigenvalue weighted by Gasteiger charge is 2.24. The van der Waals surface area contributed by atoms with Crippen LogP contribution < -0.4 is 14.8 Å². The van der Waals surface area contributed by atoms with Gasteiger partial charge in [0.05, 0.1) is 26.4 Å². The normalized spacial score (nSPS) is 15.9. The van der Waals surface area contributed by atoms with Crippen molar-refractivity contribution in [2.24, 2.45) is 0 Å². The van der Waals surface area contributed by atoms with E-state index in [1.165, 1.54) is 0 Å². The van der Waals surface area contributed by atoms with E-state index in [0.717, 1.165) is 24.4 Å². The number of nitrogens with zero attached hydrogens (tertiary/aromatic N) is 1. The van der Waals surface area contributed by atoms with Gasteiger partial charge in [-0.15, -0.1) is 0 Å². The fraction of sp³-hybridized carbons (Fsp3) is 0.350. The second-order valence-corrected chi connectivity index (χ2v) is 6.02. The van der Waals surface area contributed by atoms with Crippen molar-refractivity contribution in [3.05, 3.63) is 60.2 Å². The molecule has 6 heteroatoms. The molecule has 1 heterocycles. The highest BCUT2D eigenvalue weighted by Crippen LogP contribution is 2.25. The number of hydrogen-bond acceptors (Lipinski definition) is 5.